The highest BCUT2D eigenvalue weighted by atomic mass is 19.1. The van der Waals surface area contributed by atoms with Crippen molar-refractivity contribution < 1.29 is 18.9 Å². The quantitative estimate of drug-likeness (QED) is 0.629. The molecule has 1 N–H and O–H groups in total. The fraction of sp³-hybridized carbons (Fsp3) is 0.200. The number of amides is 1. The van der Waals surface area contributed by atoms with Gasteiger partial charge in [0.15, 0.2) is 0 Å². The van der Waals surface area contributed by atoms with Crippen molar-refractivity contribution in [3.63, 3.8) is 0 Å². The summed E-state index contributed by atoms with van der Waals surface area (Å²) in [6.07, 6.45) is 0. The van der Waals surface area contributed by atoms with Crippen molar-refractivity contribution >= 4 is 17.4 Å². The number of nitrogens with zero attached hydrogens (tertiary/aromatic N) is 1. The van der Waals surface area contributed by atoms with Gasteiger partial charge in [0.25, 0.3) is 11.6 Å². The highest BCUT2D eigenvalue weighted by molar-refractivity contribution is 5.96. The number of carbonyl (C=O) groups excluding carboxylic acids is 2. The fourth-order valence-corrected chi connectivity index (χ4v) is 1.10. The zero-order valence-corrected chi connectivity index (χ0v) is 8.90. The van der Waals surface area contributed by atoms with Crippen molar-refractivity contribution in [2.75, 3.05) is 6.54 Å². The largest absolute Gasteiger partial charge is 0.345 e. The second-order valence-corrected chi connectivity index (χ2v) is 3.31. The molecule has 7 heteroatoms. The Labute approximate surface area is 95.6 Å². The van der Waals surface area contributed by atoms with Crippen LogP contribution in [0, 0.1) is 15.9 Å². The number of nitrogens with one attached hydrogen (secondary N) is 1. The fourth-order valence-electron chi connectivity index (χ4n) is 1.10. The third-order valence-corrected chi connectivity index (χ3v) is 1.91. The van der Waals surface area contributed by atoms with E-state index in [4.69, 9.17) is 0 Å². The summed E-state index contributed by atoms with van der Waals surface area (Å²) < 4.78 is 13.3. The van der Waals surface area contributed by atoms with E-state index in [0.29, 0.717) is 6.07 Å². The van der Waals surface area contributed by atoms with Crippen molar-refractivity contribution in [2.45, 2.75) is 6.92 Å². The molecule has 17 heavy (non-hydrogen) atoms. The predicted octanol–water partition coefficient (Wildman–Crippen LogP) is 1.05. The van der Waals surface area contributed by atoms with Crippen molar-refractivity contribution in [1.29, 1.82) is 0 Å². The van der Waals surface area contributed by atoms with Gasteiger partial charge >= 0.3 is 0 Å². The first-order valence-electron chi connectivity index (χ1n) is 4.63. The zero-order chi connectivity index (χ0) is 13.0. The zero-order valence-electron chi connectivity index (χ0n) is 8.90. The summed E-state index contributed by atoms with van der Waals surface area (Å²) in [5.74, 6) is -2.06. The average molecular weight is 240 g/mol. The summed E-state index contributed by atoms with van der Waals surface area (Å²) in [5.41, 5.74) is -0.775. The molecule has 0 aliphatic carbocycles. The van der Waals surface area contributed by atoms with Crippen LogP contribution in [0.15, 0.2) is 18.2 Å². The Kier molecular flexibility index (Phi) is 3.86. The number of nitro groups is 1. The molecule has 0 aliphatic heterocycles. The molecule has 0 fully saturated rings. The standard InChI is InChI=1S/C10H9FN2O4/c1-6(14)5-12-10(15)8-3-2-7(13(16)17)4-9(8)11/h2-4H,5H2,1H3,(H,12,15). The number of carbonyl (C=O) groups is 2. The highest BCUT2D eigenvalue weighted by Crippen LogP contribution is 2.16. The van der Waals surface area contributed by atoms with E-state index in [9.17, 15) is 24.1 Å². The van der Waals surface area contributed by atoms with Crippen molar-refractivity contribution in [1.82, 2.24) is 5.32 Å². The Morgan fingerprint density at radius 3 is 2.59 bits per heavy atom. The van der Waals surface area contributed by atoms with E-state index in [2.05, 4.69) is 5.32 Å². The molecule has 0 saturated carbocycles. The molecule has 1 rings (SSSR count). The number of nitro benzene ring substituents is 1. The molecule has 0 bridgehead atoms. The van der Waals surface area contributed by atoms with Crippen LogP contribution < -0.4 is 5.32 Å². The summed E-state index contributed by atoms with van der Waals surface area (Å²) in [4.78, 5) is 31.6. The maximum absolute atomic E-state index is 13.3. The summed E-state index contributed by atoms with van der Waals surface area (Å²) in [6, 6.07) is 2.68. The molecule has 0 radical (unpaired) electrons. The normalized spacial score (nSPS) is 9.76. The molecule has 1 amide bonds. The Morgan fingerprint density at radius 2 is 2.12 bits per heavy atom. The molecular weight excluding hydrogens is 231 g/mol. The van der Waals surface area contributed by atoms with E-state index < -0.39 is 22.3 Å². The van der Waals surface area contributed by atoms with Crippen LogP contribution in [0.3, 0.4) is 0 Å². The predicted molar refractivity (Wildman–Crippen MR) is 56.1 cm³/mol. The first kappa shape index (κ1) is 12.8. The summed E-state index contributed by atoms with van der Waals surface area (Å²) in [6.45, 7) is 1.06. The lowest BCUT2D eigenvalue weighted by molar-refractivity contribution is -0.385. The number of halogens is 1. The van der Waals surface area contributed by atoms with Crippen LogP contribution in [-0.4, -0.2) is 23.2 Å². The molecule has 1 aromatic rings. The number of non-ortho nitro benzene ring substituents is 1. The summed E-state index contributed by atoms with van der Waals surface area (Å²) in [7, 11) is 0. The molecular formula is C10H9FN2O4. The van der Waals surface area contributed by atoms with Gasteiger partial charge in [0.1, 0.15) is 11.6 Å². The van der Waals surface area contributed by atoms with E-state index in [1.54, 1.807) is 0 Å². The van der Waals surface area contributed by atoms with Gasteiger partial charge in [0.05, 0.1) is 23.1 Å². The number of ketones is 1. The molecule has 0 unspecified atom stereocenters. The summed E-state index contributed by atoms with van der Waals surface area (Å²) in [5, 5.41) is 12.5. The van der Waals surface area contributed by atoms with Gasteiger partial charge in [-0.1, -0.05) is 0 Å². The van der Waals surface area contributed by atoms with Crippen LogP contribution in [0.2, 0.25) is 0 Å². The molecule has 1 aromatic carbocycles. The van der Waals surface area contributed by atoms with Gasteiger partial charge < -0.3 is 5.32 Å². The number of Topliss-reactive ketones (excluding diaryl/α,β-unsaturated/α-hetero) is 1. The van der Waals surface area contributed by atoms with Crippen molar-refractivity contribution in [3.8, 4) is 0 Å². The minimum Gasteiger partial charge on any atom is -0.345 e. The monoisotopic (exact) mass is 240 g/mol. The Morgan fingerprint density at radius 1 is 1.47 bits per heavy atom. The van der Waals surface area contributed by atoms with Crippen LogP contribution in [0.1, 0.15) is 17.3 Å². The molecule has 0 spiro atoms. The SMILES string of the molecule is CC(=O)CNC(=O)c1ccc([N+](=O)[O-])cc1F. The Balaban J connectivity index is 2.88. The smallest absolute Gasteiger partial charge is 0.272 e. The van der Waals surface area contributed by atoms with E-state index in [-0.39, 0.29) is 17.9 Å². The lowest BCUT2D eigenvalue weighted by Gasteiger charge is -2.03. The van der Waals surface area contributed by atoms with Gasteiger partial charge in [-0.05, 0) is 13.0 Å². The van der Waals surface area contributed by atoms with Crippen molar-refractivity contribution in [2.24, 2.45) is 0 Å². The maximum Gasteiger partial charge on any atom is 0.272 e. The van der Waals surface area contributed by atoms with E-state index in [0.717, 1.165) is 12.1 Å². The van der Waals surface area contributed by atoms with E-state index in [1.807, 2.05) is 0 Å². The van der Waals surface area contributed by atoms with Gasteiger partial charge in [-0.2, -0.15) is 0 Å². The molecule has 0 heterocycles. The third kappa shape index (κ3) is 3.33. The number of rotatable bonds is 4. The van der Waals surface area contributed by atoms with E-state index in [1.165, 1.54) is 6.92 Å². The second-order valence-electron chi connectivity index (χ2n) is 3.31. The minimum atomic E-state index is -1.000. The summed E-state index contributed by atoms with van der Waals surface area (Å²) >= 11 is 0. The number of hydrogen-bond donors (Lipinski definition) is 1. The maximum atomic E-state index is 13.3. The molecule has 0 saturated heterocycles. The van der Waals surface area contributed by atoms with Crippen LogP contribution in [0.25, 0.3) is 0 Å². The van der Waals surface area contributed by atoms with E-state index >= 15 is 0 Å². The number of hydrogen-bond acceptors (Lipinski definition) is 4. The lowest BCUT2D eigenvalue weighted by atomic mass is 10.2. The molecule has 0 aromatic heterocycles. The minimum absolute atomic E-state index is 0.213. The molecule has 90 valence electrons. The lowest BCUT2D eigenvalue weighted by Crippen LogP contribution is -2.28. The first-order chi connectivity index (χ1) is 7.91. The highest BCUT2D eigenvalue weighted by Gasteiger charge is 2.15. The Bertz CT molecular complexity index is 487. The number of benzene rings is 1. The van der Waals surface area contributed by atoms with Crippen molar-refractivity contribution in [3.05, 3.63) is 39.7 Å². The average Bonchev–Trinajstić information content (AvgIpc) is 2.25. The van der Waals surface area contributed by atoms with Crippen LogP contribution in [0.4, 0.5) is 10.1 Å². The molecule has 0 aliphatic rings. The Hall–Kier alpha value is -2.31. The molecule has 0 atom stereocenters. The van der Waals surface area contributed by atoms with Crippen LogP contribution in [0.5, 0.6) is 0 Å². The third-order valence-electron chi connectivity index (χ3n) is 1.91. The first-order valence-corrected chi connectivity index (χ1v) is 4.63. The van der Waals surface area contributed by atoms with Gasteiger partial charge in [-0.3, -0.25) is 19.7 Å². The van der Waals surface area contributed by atoms with Gasteiger partial charge in [-0.25, -0.2) is 4.39 Å². The van der Waals surface area contributed by atoms with Gasteiger partial charge in [0, 0.05) is 6.07 Å². The van der Waals surface area contributed by atoms with Gasteiger partial charge in [-0.15, -0.1) is 0 Å². The van der Waals surface area contributed by atoms with Gasteiger partial charge in [0.2, 0.25) is 0 Å². The van der Waals surface area contributed by atoms with Crippen LogP contribution >= 0.6 is 0 Å². The molecule has 6 nitrogen and oxygen atoms in total. The van der Waals surface area contributed by atoms with Crippen LogP contribution in [-0.2, 0) is 4.79 Å². The second kappa shape index (κ2) is 5.15. The topological polar surface area (TPSA) is 89.3 Å².